The number of nitrogens with zero attached hydrogens (tertiary/aromatic N) is 2. The molecule has 0 bridgehead atoms. The van der Waals surface area contributed by atoms with Crippen LogP contribution in [-0.4, -0.2) is 34.0 Å². The monoisotopic (exact) mass is 432 g/mol. The molecule has 1 heterocycles. The molecule has 1 saturated carbocycles. The summed E-state index contributed by atoms with van der Waals surface area (Å²) in [6.07, 6.45) is 7.25. The summed E-state index contributed by atoms with van der Waals surface area (Å²) >= 11 is 0. The highest BCUT2D eigenvalue weighted by Gasteiger charge is 2.18. The maximum atomic E-state index is 12.8. The van der Waals surface area contributed by atoms with Gasteiger partial charge in [-0.25, -0.2) is 4.98 Å². The molecule has 0 radical (unpaired) electrons. The molecule has 0 saturated heterocycles. The molecule has 1 fully saturated rings. The average Bonchev–Trinajstić information content (AvgIpc) is 3.14. The topological polar surface area (TPSA) is 76.0 Å². The highest BCUT2D eigenvalue weighted by molar-refractivity contribution is 5.94. The Morgan fingerprint density at radius 3 is 2.69 bits per heavy atom. The third-order valence-corrected chi connectivity index (χ3v) is 6.15. The molecule has 6 nitrogen and oxygen atoms in total. The summed E-state index contributed by atoms with van der Waals surface area (Å²) in [4.78, 5) is 29.9. The van der Waals surface area contributed by atoms with Gasteiger partial charge in [0.25, 0.3) is 5.91 Å². The highest BCUT2D eigenvalue weighted by atomic mass is 16.2. The van der Waals surface area contributed by atoms with Gasteiger partial charge >= 0.3 is 0 Å². The van der Waals surface area contributed by atoms with Crippen LogP contribution in [0.5, 0.6) is 0 Å². The molecule has 1 aliphatic rings. The molecule has 3 aromatic rings. The van der Waals surface area contributed by atoms with Crippen molar-refractivity contribution in [3.05, 3.63) is 65.5 Å². The zero-order valence-electron chi connectivity index (χ0n) is 18.8. The van der Waals surface area contributed by atoms with Crippen molar-refractivity contribution in [3.8, 4) is 0 Å². The number of benzene rings is 2. The molecule has 2 aromatic carbocycles. The summed E-state index contributed by atoms with van der Waals surface area (Å²) in [5, 5.41) is 6.20. The fraction of sp³-hybridized carbons (Fsp3) is 0.423. The quantitative estimate of drug-likeness (QED) is 0.525. The number of fused-ring (bicyclic) bond motifs is 1. The van der Waals surface area contributed by atoms with Crippen LogP contribution < -0.4 is 10.6 Å². The Labute approximate surface area is 189 Å². The molecule has 0 spiro atoms. The zero-order valence-corrected chi connectivity index (χ0v) is 18.8. The van der Waals surface area contributed by atoms with Gasteiger partial charge in [-0.3, -0.25) is 9.59 Å². The lowest BCUT2D eigenvalue weighted by Crippen LogP contribution is -2.38. The number of para-hydroxylation sites is 2. The zero-order chi connectivity index (χ0) is 22.3. The number of hydrogen-bond acceptors (Lipinski definition) is 3. The minimum Gasteiger partial charge on any atom is -0.352 e. The second-order valence-electron chi connectivity index (χ2n) is 8.73. The molecular weight excluding hydrogens is 400 g/mol. The van der Waals surface area contributed by atoms with Gasteiger partial charge in [0.05, 0.1) is 11.0 Å². The third-order valence-electron chi connectivity index (χ3n) is 6.15. The van der Waals surface area contributed by atoms with Gasteiger partial charge in [0.1, 0.15) is 12.4 Å². The van der Waals surface area contributed by atoms with Crippen molar-refractivity contribution < 1.29 is 9.59 Å². The Morgan fingerprint density at radius 2 is 1.88 bits per heavy atom. The molecule has 1 aliphatic carbocycles. The van der Waals surface area contributed by atoms with Crippen molar-refractivity contribution in [2.75, 3.05) is 6.54 Å². The van der Waals surface area contributed by atoms with Crippen LogP contribution in [0.2, 0.25) is 0 Å². The van der Waals surface area contributed by atoms with Crippen LogP contribution in [0.1, 0.15) is 60.3 Å². The lowest BCUT2D eigenvalue weighted by molar-refractivity contribution is -0.122. The predicted molar refractivity (Wildman–Crippen MR) is 127 cm³/mol. The molecule has 2 amide bonds. The van der Waals surface area contributed by atoms with Crippen molar-refractivity contribution >= 4 is 22.8 Å². The van der Waals surface area contributed by atoms with Crippen LogP contribution in [-0.2, 0) is 17.8 Å². The van der Waals surface area contributed by atoms with E-state index in [0.717, 1.165) is 41.7 Å². The van der Waals surface area contributed by atoms with E-state index in [1.807, 2.05) is 60.0 Å². The fourth-order valence-electron chi connectivity index (χ4n) is 4.49. The molecule has 2 N–H and O–H groups in total. The Hall–Kier alpha value is -3.15. The molecule has 0 unspecified atom stereocenters. The van der Waals surface area contributed by atoms with Gasteiger partial charge in [0.15, 0.2) is 0 Å². The number of hydrogen-bond donors (Lipinski definition) is 2. The van der Waals surface area contributed by atoms with Crippen molar-refractivity contribution in [2.24, 2.45) is 0 Å². The van der Waals surface area contributed by atoms with E-state index in [2.05, 4.69) is 10.6 Å². The van der Waals surface area contributed by atoms with E-state index in [1.165, 1.54) is 19.3 Å². The number of rotatable bonds is 8. The fourth-order valence-corrected chi connectivity index (χ4v) is 4.49. The van der Waals surface area contributed by atoms with Gasteiger partial charge in [0.2, 0.25) is 5.91 Å². The van der Waals surface area contributed by atoms with Crippen molar-refractivity contribution in [3.63, 3.8) is 0 Å². The van der Waals surface area contributed by atoms with Crippen molar-refractivity contribution in [2.45, 2.75) is 64.5 Å². The average molecular weight is 433 g/mol. The second-order valence-corrected chi connectivity index (χ2v) is 8.73. The van der Waals surface area contributed by atoms with Gasteiger partial charge in [0, 0.05) is 24.6 Å². The first-order valence-corrected chi connectivity index (χ1v) is 11.7. The molecule has 0 aliphatic heterocycles. The van der Waals surface area contributed by atoms with Crippen LogP contribution in [0.25, 0.3) is 11.0 Å². The summed E-state index contributed by atoms with van der Waals surface area (Å²) < 4.78 is 2.02. The molecule has 6 heteroatoms. The normalized spacial score (nSPS) is 14.4. The lowest BCUT2D eigenvalue weighted by Gasteiger charge is -2.23. The molecule has 168 valence electrons. The molecule has 1 aromatic heterocycles. The SMILES string of the molecule is Cc1cccc(C(=O)NCCCc2nc3ccccc3n2CC(=O)NC2CCCCC2)c1. The van der Waals surface area contributed by atoms with Gasteiger partial charge < -0.3 is 15.2 Å². The van der Waals surface area contributed by atoms with Crippen LogP contribution in [0, 0.1) is 6.92 Å². The minimum absolute atomic E-state index is 0.0500. The number of carbonyl (C=O) groups excluding carboxylic acids is 2. The first-order chi connectivity index (χ1) is 15.6. The second kappa shape index (κ2) is 10.4. The van der Waals surface area contributed by atoms with Crippen LogP contribution in [0.3, 0.4) is 0 Å². The number of imidazole rings is 1. The van der Waals surface area contributed by atoms with E-state index in [9.17, 15) is 9.59 Å². The van der Waals surface area contributed by atoms with Crippen LogP contribution in [0.15, 0.2) is 48.5 Å². The molecular formula is C26H32N4O2. The number of aryl methyl sites for hydroxylation is 2. The summed E-state index contributed by atoms with van der Waals surface area (Å²) in [5.41, 5.74) is 3.62. The first-order valence-electron chi connectivity index (χ1n) is 11.7. The summed E-state index contributed by atoms with van der Waals surface area (Å²) in [5.74, 6) is 0.873. The summed E-state index contributed by atoms with van der Waals surface area (Å²) in [6.45, 7) is 2.82. The Morgan fingerprint density at radius 1 is 1.06 bits per heavy atom. The van der Waals surface area contributed by atoms with E-state index in [4.69, 9.17) is 4.98 Å². The smallest absolute Gasteiger partial charge is 0.251 e. The largest absolute Gasteiger partial charge is 0.352 e. The van der Waals surface area contributed by atoms with Crippen molar-refractivity contribution in [1.29, 1.82) is 0 Å². The summed E-state index contributed by atoms with van der Waals surface area (Å²) in [7, 11) is 0. The summed E-state index contributed by atoms with van der Waals surface area (Å²) in [6, 6.07) is 15.8. The van der Waals surface area contributed by atoms with Gasteiger partial charge in [-0.15, -0.1) is 0 Å². The van der Waals surface area contributed by atoms with Gasteiger partial charge in [-0.2, -0.15) is 0 Å². The Bertz CT molecular complexity index is 1080. The minimum atomic E-state index is -0.0611. The highest BCUT2D eigenvalue weighted by Crippen LogP contribution is 2.19. The predicted octanol–water partition coefficient (Wildman–Crippen LogP) is 4.16. The van der Waals surface area contributed by atoms with E-state index < -0.39 is 0 Å². The lowest BCUT2D eigenvalue weighted by atomic mass is 9.95. The molecule has 32 heavy (non-hydrogen) atoms. The van der Waals surface area contributed by atoms with E-state index in [0.29, 0.717) is 24.6 Å². The van der Waals surface area contributed by atoms with E-state index in [1.54, 1.807) is 0 Å². The van der Waals surface area contributed by atoms with Gasteiger partial charge in [-0.1, -0.05) is 49.1 Å². The molecule has 0 atom stereocenters. The third kappa shape index (κ3) is 5.55. The van der Waals surface area contributed by atoms with Crippen molar-refractivity contribution in [1.82, 2.24) is 20.2 Å². The first kappa shape index (κ1) is 22.1. The Balaban J connectivity index is 1.37. The number of aromatic nitrogens is 2. The Kier molecular flexibility index (Phi) is 7.20. The maximum Gasteiger partial charge on any atom is 0.251 e. The van der Waals surface area contributed by atoms with E-state index in [-0.39, 0.29) is 18.4 Å². The molecule has 4 rings (SSSR count). The standard InChI is InChI=1S/C26H32N4O2/c1-19-9-7-10-20(17-19)26(32)27-16-8-15-24-29-22-13-5-6-14-23(22)30(24)18-25(31)28-21-11-3-2-4-12-21/h5-7,9-10,13-14,17,21H,2-4,8,11-12,15-16,18H2,1H3,(H,27,32)(H,28,31). The van der Waals surface area contributed by atoms with Crippen LogP contribution in [0.4, 0.5) is 0 Å². The van der Waals surface area contributed by atoms with E-state index >= 15 is 0 Å². The maximum absolute atomic E-state index is 12.8. The number of nitrogens with one attached hydrogen (secondary N) is 2. The van der Waals surface area contributed by atoms with Gasteiger partial charge in [-0.05, 0) is 50.5 Å². The number of amides is 2. The number of carbonyl (C=O) groups is 2. The van der Waals surface area contributed by atoms with Crippen LogP contribution >= 0.6 is 0 Å².